The molecular weight excluding hydrogens is 124 g/mol. The van der Waals surface area contributed by atoms with Gasteiger partial charge in [-0.1, -0.05) is 0 Å². The maximum Gasteiger partial charge on any atom is 0.328 e. The van der Waals surface area contributed by atoms with Gasteiger partial charge >= 0.3 is 12.0 Å². The zero-order valence-electron chi connectivity index (χ0n) is 4.57. The van der Waals surface area contributed by atoms with Crippen LogP contribution < -0.4 is 5.73 Å². The van der Waals surface area contributed by atoms with Crippen molar-refractivity contribution < 1.29 is 14.7 Å². The Morgan fingerprint density at radius 2 is 2.22 bits per heavy atom. The summed E-state index contributed by atoms with van der Waals surface area (Å²) in [6.45, 7) is 0.255. The number of primary amides is 1. The van der Waals surface area contributed by atoms with E-state index in [-0.39, 0.29) is 6.54 Å². The van der Waals surface area contributed by atoms with Gasteiger partial charge in [-0.3, -0.25) is 0 Å². The highest BCUT2D eigenvalue weighted by Gasteiger charge is 2.43. The largest absolute Gasteiger partial charge is 0.480 e. The van der Waals surface area contributed by atoms with E-state index in [9.17, 15) is 9.59 Å². The minimum absolute atomic E-state index is 0.255. The first-order valence-electron chi connectivity index (χ1n) is 2.42. The Balaban J connectivity index is 2.42. The monoisotopic (exact) mass is 130 g/mol. The quantitative estimate of drug-likeness (QED) is 0.439. The maximum atomic E-state index is 10.2. The van der Waals surface area contributed by atoms with Gasteiger partial charge < -0.3 is 15.7 Å². The Morgan fingerprint density at radius 1 is 1.67 bits per heavy atom. The third-order valence-electron chi connectivity index (χ3n) is 1.18. The van der Waals surface area contributed by atoms with Gasteiger partial charge in [-0.05, 0) is 0 Å². The topological polar surface area (TPSA) is 83.4 Å². The van der Waals surface area contributed by atoms with Gasteiger partial charge in [0.1, 0.15) is 6.04 Å². The molecule has 1 fully saturated rings. The molecule has 0 spiro atoms. The van der Waals surface area contributed by atoms with E-state index < -0.39 is 18.0 Å². The van der Waals surface area contributed by atoms with Gasteiger partial charge in [-0.2, -0.15) is 0 Å². The fraction of sp³-hybridized carbons (Fsp3) is 0.500. The molecule has 1 rings (SSSR count). The van der Waals surface area contributed by atoms with Crippen LogP contribution in [-0.2, 0) is 4.79 Å². The predicted molar refractivity (Wildman–Crippen MR) is 27.7 cm³/mol. The molecule has 1 aliphatic heterocycles. The lowest BCUT2D eigenvalue weighted by Crippen LogP contribution is -2.23. The molecule has 1 aliphatic rings. The SMILES string of the molecule is NC(=O)N1CC1C(=O)O. The Morgan fingerprint density at radius 3 is 2.33 bits per heavy atom. The van der Waals surface area contributed by atoms with Crippen LogP contribution in [0.3, 0.4) is 0 Å². The van der Waals surface area contributed by atoms with E-state index in [1.165, 1.54) is 0 Å². The number of hydrogen-bond donors (Lipinski definition) is 2. The number of carbonyl (C=O) groups excluding carboxylic acids is 1. The van der Waals surface area contributed by atoms with E-state index in [1.807, 2.05) is 0 Å². The van der Waals surface area contributed by atoms with Gasteiger partial charge in [0, 0.05) is 0 Å². The highest BCUT2D eigenvalue weighted by molar-refractivity contribution is 5.87. The van der Waals surface area contributed by atoms with E-state index in [4.69, 9.17) is 10.8 Å². The van der Waals surface area contributed by atoms with Crippen LogP contribution >= 0.6 is 0 Å². The Kier molecular flexibility index (Phi) is 1.05. The Hall–Kier alpha value is -1.26. The molecule has 5 nitrogen and oxygen atoms in total. The number of amides is 2. The van der Waals surface area contributed by atoms with E-state index >= 15 is 0 Å². The molecule has 2 amide bonds. The molecule has 9 heavy (non-hydrogen) atoms. The fourth-order valence-corrected chi connectivity index (χ4v) is 0.594. The molecule has 1 saturated heterocycles. The molecule has 0 aromatic carbocycles. The standard InChI is InChI=1S/C4H6N2O3/c5-4(9)6-1-2(6)3(7)8/h2H,1H2,(H2,5,9)(H,7,8). The summed E-state index contributed by atoms with van der Waals surface area (Å²) in [5.74, 6) is -0.992. The second-order valence-electron chi connectivity index (χ2n) is 1.84. The number of carbonyl (C=O) groups is 2. The highest BCUT2D eigenvalue weighted by Crippen LogP contribution is 2.15. The van der Waals surface area contributed by atoms with Crippen molar-refractivity contribution >= 4 is 12.0 Å². The summed E-state index contributed by atoms with van der Waals surface area (Å²) in [6, 6.07) is -1.33. The predicted octanol–water partition coefficient (Wildman–Crippen LogP) is -1.17. The summed E-state index contributed by atoms with van der Waals surface area (Å²) in [4.78, 5) is 21.3. The number of carboxylic acids is 1. The zero-order chi connectivity index (χ0) is 7.02. The van der Waals surface area contributed by atoms with Crippen molar-refractivity contribution in [1.29, 1.82) is 0 Å². The van der Waals surface area contributed by atoms with Crippen molar-refractivity contribution in [2.45, 2.75) is 6.04 Å². The van der Waals surface area contributed by atoms with Crippen LogP contribution in [0.5, 0.6) is 0 Å². The number of urea groups is 1. The normalized spacial score (nSPS) is 23.6. The van der Waals surface area contributed by atoms with E-state index in [2.05, 4.69) is 0 Å². The number of carboxylic acid groups (broad SMARTS) is 1. The molecule has 1 atom stereocenters. The van der Waals surface area contributed by atoms with Crippen molar-refractivity contribution in [2.24, 2.45) is 5.73 Å². The van der Waals surface area contributed by atoms with Crippen molar-refractivity contribution in [2.75, 3.05) is 6.54 Å². The van der Waals surface area contributed by atoms with Crippen LogP contribution in [0.1, 0.15) is 0 Å². The zero-order valence-corrected chi connectivity index (χ0v) is 4.57. The van der Waals surface area contributed by atoms with Crippen LogP contribution in [0.4, 0.5) is 4.79 Å². The average molecular weight is 130 g/mol. The minimum Gasteiger partial charge on any atom is -0.480 e. The van der Waals surface area contributed by atoms with Crippen molar-refractivity contribution in [3.63, 3.8) is 0 Å². The molecule has 0 aliphatic carbocycles. The van der Waals surface area contributed by atoms with Gasteiger partial charge in [0.05, 0.1) is 6.54 Å². The van der Waals surface area contributed by atoms with E-state index in [0.717, 1.165) is 4.90 Å². The molecule has 1 unspecified atom stereocenters. The third kappa shape index (κ3) is 0.933. The lowest BCUT2D eigenvalue weighted by Gasteiger charge is -1.91. The van der Waals surface area contributed by atoms with Crippen molar-refractivity contribution in [1.82, 2.24) is 4.90 Å². The van der Waals surface area contributed by atoms with Crippen LogP contribution in [0, 0.1) is 0 Å². The highest BCUT2D eigenvalue weighted by atomic mass is 16.4. The van der Waals surface area contributed by atoms with Crippen molar-refractivity contribution in [3.05, 3.63) is 0 Å². The summed E-state index contributed by atoms with van der Waals surface area (Å²) in [6.07, 6.45) is 0. The maximum absolute atomic E-state index is 10.2. The molecule has 0 aromatic heterocycles. The molecule has 0 aromatic rings. The fourth-order valence-electron chi connectivity index (χ4n) is 0.594. The van der Waals surface area contributed by atoms with Gasteiger partial charge in [0.25, 0.3) is 0 Å². The summed E-state index contributed by atoms with van der Waals surface area (Å²) in [7, 11) is 0. The molecule has 0 radical (unpaired) electrons. The van der Waals surface area contributed by atoms with Crippen LogP contribution in [0.25, 0.3) is 0 Å². The van der Waals surface area contributed by atoms with Crippen molar-refractivity contribution in [3.8, 4) is 0 Å². The summed E-state index contributed by atoms with van der Waals surface area (Å²) in [5, 5.41) is 8.22. The van der Waals surface area contributed by atoms with Gasteiger partial charge in [-0.25, -0.2) is 9.59 Å². The number of nitrogens with zero attached hydrogens (tertiary/aromatic N) is 1. The number of rotatable bonds is 1. The van der Waals surface area contributed by atoms with Crippen LogP contribution in [0.15, 0.2) is 0 Å². The van der Waals surface area contributed by atoms with Gasteiger partial charge in [0.2, 0.25) is 0 Å². The first kappa shape index (κ1) is 5.87. The first-order valence-corrected chi connectivity index (χ1v) is 2.42. The summed E-state index contributed by atoms with van der Waals surface area (Å²) >= 11 is 0. The van der Waals surface area contributed by atoms with E-state index in [0.29, 0.717) is 0 Å². The molecule has 0 saturated carbocycles. The average Bonchev–Trinajstić information content (AvgIpc) is 2.39. The Bertz CT molecular complexity index is 149. The third-order valence-corrected chi connectivity index (χ3v) is 1.18. The molecule has 50 valence electrons. The lowest BCUT2D eigenvalue weighted by molar-refractivity contribution is -0.137. The second kappa shape index (κ2) is 1.61. The Labute approximate surface area is 51.0 Å². The van der Waals surface area contributed by atoms with Crippen LogP contribution in [-0.4, -0.2) is 34.6 Å². The number of nitrogens with two attached hydrogens (primary N) is 1. The number of aliphatic carboxylic acids is 1. The lowest BCUT2D eigenvalue weighted by atomic mass is 10.5. The van der Waals surface area contributed by atoms with Gasteiger partial charge in [0.15, 0.2) is 0 Å². The van der Waals surface area contributed by atoms with Crippen LogP contribution in [0.2, 0.25) is 0 Å². The molecule has 0 bridgehead atoms. The molecule has 5 heteroatoms. The van der Waals surface area contributed by atoms with Gasteiger partial charge in [-0.15, -0.1) is 0 Å². The number of hydrogen-bond acceptors (Lipinski definition) is 2. The first-order chi connectivity index (χ1) is 4.13. The molecular formula is C4H6N2O3. The minimum atomic E-state index is -0.992. The smallest absolute Gasteiger partial charge is 0.328 e. The molecule has 1 heterocycles. The summed E-state index contributed by atoms with van der Waals surface area (Å²) in [5.41, 5.74) is 4.75. The summed E-state index contributed by atoms with van der Waals surface area (Å²) < 4.78 is 0. The second-order valence-corrected chi connectivity index (χ2v) is 1.84. The van der Waals surface area contributed by atoms with E-state index in [1.54, 1.807) is 0 Å². The molecule has 3 N–H and O–H groups in total.